The fourth-order valence-corrected chi connectivity index (χ4v) is 2.47. The molecule has 1 aliphatic rings. The van der Waals surface area contributed by atoms with E-state index in [1.165, 1.54) is 37.0 Å². The molecule has 1 aliphatic carbocycles. The van der Waals surface area contributed by atoms with Gasteiger partial charge in [0, 0.05) is 12.7 Å². The highest BCUT2D eigenvalue weighted by atomic mass is 16.5. The van der Waals surface area contributed by atoms with Gasteiger partial charge in [-0.3, -0.25) is 4.79 Å². The maximum atomic E-state index is 11.5. The van der Waals surface area contributed by atoms with Crippen LogP contribution in [0.2, 0.25) is 0 Å². The van der Waals surface area contributed by atoms with E-state index in [1.807, 2.05) is 14.0 Å². The van der Waals surface area contributed by atoms with Crippen LogP contribution in [0.15, 0.2) is 11.3 Å². The molecule has 1 rings (SSSR count). The fourth-order valence-electron chi connectivity index (χ4n) is 2.47. The number of nitrogens with zero attached hydrogens (tertiary/aromatic N) is 1. The number of hydrogen-bond donors (Lipinski definition) is 0. The van der Waals surface area contributed by atoms with Gasteiger partial charge in [-0.25, -0.2) is 0 Å². The summed E-state index contributed by atoms with van der Waals surface area (Å²) in [5.41, 5.74) is 2.90. The summed E-state index contributed by atoms with van der Waals surface area (Å²) in [6.45, 7) is 4.90. The number of esters is 1. The Bertz CT molecular complexity index is 284. The van der Waals surface area contributed by atoms with Crippen molar-refractivity contribution in [2.24, 2.45) is 0 Å². The Hall–Kier alpha value is -0.990. The number of allylic oxidation sites excluding steroid dienone is 2. The fraction of sp³-hybridized carbons (Fsp3) is 0.786. The molecule has 17 heavy (non-hydrogen) atoms. The summed E-state index contributed by atoms with van der Waals surface area (Å²) in [5.74, 6) is -0.123. The highest BCUT2D eigenvalue weighted by Gasteiger charge is 2.16. The quantitative estimate of drug-likeness (QED) is 0.690. The van der Waals surface area contributed by atoms with Crippen molar-refractivity contribution in [3.63, 3.8) is 0 Å². The van der Waals surface area contributed by atoms with Gasteiger partial charge in [-0.2, -0.15) is 0 Å². The molecule has 0 fully saturated rings. The Morgan fingerprint density at radius 3 is 2.59 bits per heavy atom. The maximum absolute atomic E-state index is 11.5. The summed E-state index contributed by atoms with van der Waals surface area (Å²) >= 11 is 0. The molecule has 98 valence electrons. The van der Waals surface area contributed by atoms with Crippen molar-refractivity contribution in [1.82, 2.24) is 4.90 Å². The first kappa shape index (κ1) is 14.1. The molecule has 0 unspecified atom stereocenters. The second-order valence-electron chi connectivity index (χ2n) is 4.63. The van der Waals surface area contributed by atoms with Crippen LogP contribution in [0.25, 0.3) is 0 Å². The van der Waals surface area contributed by atoms with Crippen LogP contribution in [-0.2, 0) is 9.53 Å². The summed E-state index contributed by atoms with van der Waals surface area (Å²) in [6, 6.07) is 0. The Labute approximate surface area is 105 Å². The summed E-state index contributed by atoms with van der Waals surface area (Å²) < 4.78 is 5.00. The molecule has 0 N–H and O–H groups in total. The second kappa shape index (κ2) is 7.36. The predicted molar refractivity (Wildman–Crippen MR) is 69.7 cm³/mol. The first-order valence-electron chi connectivity index (χ1n) is 6.76. The van der Waals surface area contributed by atoms with E-state index < -0.39 is 0 Å². The number of rotatable bonds is 5. The highest BCUT2D eigenvalue weighted by Crippen LogP contribution is 2.27. The van der Waals surface area contributed by atoms with Gasteiger partial charge >= 0.3 is 5.97 Å². The zero-order chi connectivity index (χ0) is 12.7. The van der Waals surface area contributed by atoms with E-state index in [0.29, 0.717) is 13.2 Å². The minimum atomic E-state index is -0.123. The highest BCUT2D eigenvalue weighted by molar-refractivity contribution is 5.71. The van der Waals surface area contributed by atoms with Gasteiger partial charge in [0.1, 0.15) is 6.54 Å². The molecule has 0 aromatic heterocycles. The SMILES string of the molecule is CCOC(=O)CN(C)C1=C(CC)CCCCC1. The molecular weight excluding hydrogens is 214 g/mol. The van der Waals surface area contributed by atoms with Crippen LogP contribution in [0.3, 0.4) is 0 Å². The monoisotopic (exact) mass is 239 g/mol. The number of likely N-dealkylation sites (N-methyl/N-ethyl adjacent to an activating group) is 1. The molecule has 0 saturated carbocycles. The zero-order valence-corrected chi connectivity index (χ0v) is 11.4. The third-order valence-corrected chi connectivity index (χ3v) is 3.36. The van der Waals surface area contributed by atoms with E-state index in [4.69, 9.17) is 4.74 Å². The normalized spacial score (nSPS) is 16.6. The van der Waals surface area contributed by atoms with Crippen LogP contribution in [0.1, 0.15) is 52.4 Å². The lowest BCUT2D eigenvalue weighted by atomic mass is 10.1. The van der Waals surface area contributed by atoms with E-state index in [-0.39, 0.29) is 5.97 Å². The Morgan fingerprint density at radius 1 is 1.24 bits per heavy atom. The van der Waals surface area contributed by atoms with Crippen LogP contribution in [0.4, 0.5) is 0 Å². The molecule has 0 aromatic rings. The smallest absolute Gasteiger partial charge is 0.325 e. The summed E-state index contributed by atoms with van der Waals surface area (Å²) in [7, 11) is 2.01. The molecule has 0 spiro atoms. The topological polar surface area (TPSA) is 29.5 Å². The predicted octanol–water partition coefficient (Wildman–Crippen LogP) is 3.11. The van der Waals surface area contributed by atoms with E-state index >= 15 is 0 Å². The van der Waals surface area contributed by atoms with Crippen molar-refractivity contribution >= 4 is 5.97 Å². The molecule has 0 bridgehead atoms. The van der Waals surface area contributed by atoms with Gasteiger partial charge in [0.15, 0.2) is 0 Å². The third kappa shape index (κ3) is 4.41. The van der Waals surface area contributed by atoms with Gasteiger partial charge in [-0.15, -0.1) is 0 Å². The van der Waals surface area contributed by atoms with Crippen LogP contribution < -0.4 is 0 Å². The number of carbonyl (C=O) groups is 1. The minimum Gasteiger partial charge on any atom is -0.465 e. The lowest BCUT2D eigenvalue weighted by Crippen LogP contribution is -2.27. The minimum absolute atomic E-state index is 0.123. The average molecular weight is 239 g/mol. The molecule has 0 aliphatic heterocycles. The Morgan fingerprint density at radius 2 is 1.94 bits per heavy atom. The van der Waals surface area contributed by atoms with Gasteiger partial charge < -0.3 is 9.64 Å². The number of carbonyl (C=O) groups excluding carboxylic acids is 1. The van der Waals surface area contributed by atoms with Crippen molar-refractivity contribution in [2.75, 3.05) is 20.2 Å². The first-order valence-corrected chi connectivity index (χ1v) is 6.76. The van der Waals surface area contributed by atoms with Crippen molar-refractivity contribution < 1.29 is 9.53 Å². The van der Waals surface area contributed by atoms with Crippen LogP contribution in [0, 0.1) is 0 Å². The van der Waals surface area contributed by atoms with Gasteiger partial charge in [0.2, 0.25) is 0 Å². The molecule has 0 aromatic carbocycles. The van der Waals surface area contributed by atoms with Gasteiger partial charge in [-0.05, 0) is 39.0 Å². The Balaban J connectivity index is 2.66. The van der Waals surface area contributed by atoms with Crippen molar-refractivity contribution in [3.8, 4) is 0 Å². The average Bonchev–Trinajstić information content (AvgIpc) is 2.53. The number of hydrogen-bond acceptors (Lipinski definition) is 3. The molecule has 3 heteroatoms. The van der Waals surface area contributed by atoms with Gasteiger partial charge in [0.05, 0.1) is 6.61 Å². The van der Waals surface area contributed by atoms with E-state index in [2.05, 4.69) is 11.8 Å². The van der Waals surface area contributed by atoms with Crippen LogP contribution >= 0.6 is 0 Å². The van der Waals surface area contributed by atoms with Crippen molar-refractivity contribution in [1.29, 1.82) is 0 Å². The van der Waals surface area contributed by atoms with E-state index in [9.17, 15) is 4.79 Å². The molecule has 3 nitrogen and oxygen atoms in total. The second-order valence-corrected chi connectivity index (χ2v) is 4.63. The summed E-state index contributed by atoms with van der Waals surface area (Å²) in [5, 5.41) is 0. The molecular formula is C14H25NO2. The van der Waals surface area contributed by atoms with E-state index in [0.717, 1.165) is 12.8 Å². The summed E-state index contributed by atoms with van der Waals surface area (Å²) in [6.07, 6.45) is 7.24. The zero-order valence-electron chi connectivity index (χ0n) is 11.4. The largest absolute Gasteiger partial charge is 0.465 e. The molecule has 0 atom stereocenters. The standard InChI is InChI=1S/C14H25NO2/c1-4-12-9-7-6-8-10-13(12)15(3)11-14(16)17-5-2/h4-11H2,1-3H3. The van der Waals surface area contributed by atoms with Gasteiger partial charge in [0.25, 0.3) is 0 Å². The lowest BCUT2D eigenvalue weighted by Gasteiger charge is -2.24. The Kier molecular flexibility index (Phi) is 6.09. The maximum Gasteiger partial charge on any atom is 0.325 e. The van der Waals surface area contributed by atoms with Crippen LogP contribution in [-0.4, -0.2) is 31.1 Å². The molecule has 0 saturated heterocycles. The number of ether oxygens (including phenoxy) is 1. The third-order valence-electron chi connectivity index (χ3n) is 3.36. The van der Waals surface area contributed by atoms with Gasteiger partial charge in [-0.1, -0.05) is 18.9 Å². The van der Waals surface area contributed by atoms with Crippen LogP contribution in [0.5, 0.6) is 0 Å². The molecule has 0 radical (unpaired) electrons. The van der Waals surface area contributed by atoms with E-state index in [1.54, 1.807) is 0 Å². The first-order chi connectivity index (χ1) is 8.19. The molecule has 0 heterocycles. The lowest BCUT2D eigenvalue weighted by molar-refractivity contribution is -0.143. The summed E-state index contributed by atoms with van der Waals surface area (Å²) in [4.78, 5) is 13.6. The van der Waals surface area contributed by atoms with Crippen molar-refractivity contribution in [3.05, 3.63) is 11.3 Å². The molecule has 0 amide bonds. The van der Waals surface area contributed by atoms with Crippen molar-refractivity contribution in [2.45, 2.75) is 52.4 Å².